The summed E-state index contributed by atoms with van der Waals surface area (Å²) in [5.74, 6) is 2.72. The summed E-state index contributed by atoms with van der Waals surface area (Å²) in [6.45, 7) is 0.430. The van der Waals surface area contributed by atoms with E-state index >= 15 is 0 Å². The molecular weight excluding hydrogens is 318 g/mol. The van der Waals surface area contributed by atoms with Crippen LogP contribution < -0.4 is 5.32 Å². The van der Waals surface area contributed by atoms with Gasteiger partial charge < -0.3 is 5.32 Å². The summed E-state index contributed by atoms with van der Waals surface area (Å²) in [6.07, 6.45) is 6.24. The van der Waals surface area contributed by atoms with Crippen LogP contribution in [0.2, 0.25) is 0 Å². The molecule has 0 saturated carbocycles. The molecular formula is C24H21NO. The van der Waals surface area contributed by atoms with Gasteiger partial charge in [0.05, 0.1) is 0 Å². The van der Waals surface area contributed by atoms with Crippen molar-refractivity contribution in [2.24, 2.45) is 0 Å². The molecule has 0 unspecified atom stereocenters. The number of nitrogens with one attached hydrogen (secondary N) is 1. The van der Waals surface area contributed by atoms with Crippen LogP contribution in [-0.2, 0) is 5.41 Å². The molecule has 3 aromatic carbocycles. The lowest BCUT2D eigenvalue weighted by molar-refractivity contribution is 0.0946. The average Bonchev–Trinajstić information content (AvgIpc) is 2.73. The number of carbonyl (C=O) groups is 1. The standard InChI is InChI=1S/C24H21NO/c1-2-18-24(21-14-8-4-9-15-21,22-16-10-5-11-17-22)19-25-23(26)20-12-6-3-7-13-20/h1,3-17H,18-19H2,(H,25,26). The molecule has 0 spiro atoms. The second kappa shape index (κ2) is 8.18. The van der Waals surface area contributed by atoms with Gasteiger partial charge in [0.15, 0.2) is 0 Å². The first-order valence-electron chi connectivity index (χ1n) is 8.64. The van der Waals surface area contributed by atoms with E-state index in [1.165, 1.54) is 0 Å². The molecule has 2 nitrogen and oxygen atoms in total. The van der Waals surface area contributed by atoms with Gasteiger partial charge >= 0.3 is 0 Å². The molecule has 2 heteroatoms. The Kier molecular flexibility index (Phi) is 5.51. The van der Waals surface area contributed by atoms with Crippen molar-refractivity contribution in [1.82, 2.24) is 5.32 Å². The molecule has 128 valence electrons. The van der Waals surface area contributed by atoms with Gasteiger partial charge in [-0.3, -0.25) is 4.79 Å². The third kappa shape index (κ3) is 3.68. The van der Waals surface area contributed by atoms with Crippen LogP contribution in [0.5, 0.6) is 0 Å². The van der Waals surface area contributed by atoms with Crippen LogP contribution in [0.1, 0.15) is 27.9 Å². The molecule has 1 N–H and O–H groups in total. The Labute approximate surface area is 154 Å². The van der Waals surface area contributed by atoms with Crippen LogP contribution in [0.15, 0.2) is 91.0 Å². The molecule has 3 rings (SSSR count). The summed E-state index contributed by atoms with van der Waals surface area (Å²) >= 11 is 0. The molecule has 0 aliphatic heterocycles. The van der Waals surface area contributed by atoms with Gasteiger partial charge in [0.2, 0.25) is 0 Å². The highest BCUT2D eigenvalue weighted by Crippen LogP contribution is 2.35. The van der Waals surface area contributed by atoms with E-state index in [1.807, 2.05) is 66.7 Å². The summed E-state index contributed by atoms with van der Waals surface area (Å²) in [4.78, 5) is 12.6. The maximum Gasteiger partial charge on any atom is 0.251 e. The van der Waals surface area contributed by atoms with Crippen LogP contribution in [0.25, 0.3) is 0 Å². The fourth-order valence-electron chi connectivity index (χ4n) is 3.25. The summed E-state index contributed by atoms with van der Waals surface area (Å²) in [5.41, 5.74) is 2.36. The fraction of sp³-hybridized carbons (Fsp3) is 0.125. The van der Waals surface area contributed by atoms with Crippen molar-refractivity contribution in [2.75, 3.05) is 6.54 Å². The predicted molar refractivity (Wildman–Crippen MR) is 106 cm³/mol. The Bertz CT molecular complexity index is 840. The molecule has 0 aliphatic rings. The van der Waals surface area contributed by atoms with Crippen molar-refractivity contribution in [1.29, 1.82) is 0 Å². The minimum atomic E-state index is -0.471. The highest BCUT2D eigenvalue weighted by atomic mass is 16.1. The smallest absolute Gasteiger partial charge is 0.251 e. The van der Waals surface area contributed by atoms with Crippen molar-refractivity contribution in [2.45, 2.75) is 11.8 Å². The van der Waals surface area contributed by atoms with E-state index in [2.05, 4.69) is 35.5 Å². The topological polar surface area (TPSA) is 29.1 Å². The Hall–Kier alpha value is -3.31. The first-order valence-corrected chi connectivity index (χ1v) is 8.64. The van der Waals surface area contributed by atoms with Crippen molar-refractivity contribution >= 4 is 5.91 Å². The van der Waals surface area contributed by atoms with Crippen LogP contribution >= 0.6 is 0 Å². The zero-order valence-corrected chi connectivity index (χ0v) is 14.6. The number of amides is 1. The second-order valence-corrected chi connectivity index (χ2v) is 6.24. The zero-order chi connectivity index (χ0) is 18.2. The third-order valence-corrected chi connectivity index (χ3v) is 4.64. The Morgan fingerprint density at radius 2 is 1.27 bits per heavy atom. The van der Waals surface area contributed by atoms with Crippen molar-refractivity contribution in [3.63, 3.8) is 0 Å². The minimum absolute atomic E-state index is 0.0983. The lowest BCUT2D eigenvalue weighted by Crippen LogP contribution is -2.41. The maximum absolute atomic E-state index is 12.6. The van der Waals surface area contributed by atoms with E-state index in [-0.39, 0.29) is 5.91 Å². The Morgan fingerprint density at radius 1 is 0.808 bits per heavy atom. The van der Waals surface area contributed by atoms with E-state index in [0.29, 0.717) is 18.5 Å². The molecule has 0 aliphatic carbocycles. The van der Waals surface area contributed by atoms with Crippen LogP contribution in [0.4, 0.5) is 0 Å². The van der Waals surface area contributed by atoms with E-state index in [1.54, 1.807) is 0 Å². The molecule has 0 heterocycles. The highest BCUT2D eigenvalue weighted by Gasteiger charge is 2.34. The first kappa shape index (κ1) is 17.5. The Balaban J connectivity index is 1.98. The first-order chi connectivity index (χ1) is 12.8. The van der Waals surface area contributed by atoms with Gasteiger partial charge in [0, 0.05) is 23.9 Å². The monoisotopic (exact) mass is 339 g/mol. The normalized spacial score (nSPS) is 10.7. The van der Waals surface area contributed by atoms with E-state index in [9.17, 15) is 4.79 Å². The van der Waals surface area contributed by atoms with Gasteiger partial charge in [0.1, 0.15) is 0 Å². The maximum atomic E-state index is 12.6. The molecule has 1 amide bonds. The number of benzene rings is 3. The lowest BCUT2D eigenvalue weighted by Gasteiger charge is -2.34. The summed E-state index contributed by atoms with van der Waals surface area (Å²) in [7, 11) is 0. The van der Waals surface area contributed by atoms with Gasteiger partial charge in [-0.2, -0.15) is 0 Å². The molecule has 0 radical (unpaired) electrons. The van der Waals surface area contributed by atoms with E-state index in [4.69, 9.17) is 6.42 Å². The van der Waals surface area contributed by atoms with Crippen molar-refractivity contribution in [3.05, 3.63) is 108 Å². The van der Waals surface area contributed by atoms with Crippen LogP contribution in [0.3, 0.4) is 0 Å². The molecule has 0 bridgehead atoms. The van der Waals surface area contributed by atoms with Crippen LogP contribution in [0, 0.1) is 12.3 Å². The van der Waals surface area contributed by atoms with Gasteiger partial charge in [-0.15, -0.1) is 12.3 Å². The fourth-order valence-corrected chi connectivity index (χ4v) is 3.25. The van der Waals surface area contributed by atoms with Gasteiger partial charge in [-0.25, -0.2) is 0 Å². The average molecular weight is 339 g/mol. The predicted octanol–water partition coefficient (Wildman–Crippen LogP) is 4.43. The number of hydrogen-bond acceptors (Lipinski definition) is 1. The van der Waals surface area contributed by atoms with Gasteiger partial charge in [-0.05, 0) is 23.3 Å². The van der Waals surface area contributed by atoms with E-state index in [0.717, 1.165) is 11.1 Å². The third-order valence-electron chi connectivity index (χ3n) is 4.64. The molecule has 0 fully saturated rings. The lowest BCUT2D eigenvalue weighted by atomic mass is 9.72. The summed E-state index contributed by atoms with van der Waals surface area (Å²) < 4.78 is 0. The molecule has 0 atom stereocenters. The number of carbonyl (C=O) groups excluding carboxylic acids is 1. The molecule has 0 aromatic heterocycles. The molecule has 0 saturated heterocycles. The molecule has 26 heavy (non-hydrogen) atoms. The second-order valence-electron chi connectivity index (χ2n) is 6.24. The minimum Gasteiger partial charge on any atom is -0.351 e. The summed E-state index contributed by atoms with van der Waals surface area (Å²) in [6, 6.07) is 29.5. The summed E-state index contributed by atoms with van der Waals surface area (Å²) in [5, 5.41) is 3.09. The number of rotatable bonds is 6. The SMILES string of the molecule is C#CCC(CNC(=O)c1ccccc1)(c1ccccc1)c1ccccc1. The van der Waals surface area contributed by atoms with Crippen molar-refractivity contribution < 1.29 is 4.79 Å². The number of hydrogen-bond donors (Lipinski definition) is 1. The largest absolute Gasteiger partial charge is 0.351 e. The van der Waals surface area contributed by atoms with Gasteiger partial charge in [0.25, 0.3) is 5.91 Å². The quantitative estimate of drug-likeness (QED) is 0.662. The highest BCUT2D eigenvalue weighted by molar-refractivity contribution is 5.94. The Morgan fingerprint density at radius 3 is 1.73 bits per heavy atom. The van der Waals surface area contributed by atoms with Crippen LogP contribution in [-0.4, -0.2) is 12.5 Å². The zero-order valence-electron chi connectivity index (χ0n) is 14.6. The van der Waals surface area contributed by atoms with Gasteiger partial charge in [-0.1, -0.05) is 78.9 Å². The van der Waals surface area contributed by atoms with Crippen molar-refractivity contribution in [3.8, 4) is 12.3 Å². The molecule has 3 aromatic rings. The number of terminal acetylenes is 1. The van der Waals surface area contributed by atoms with E-state index < -0.39 is 5.41 Å².